The van der Waals surface area contributed by atoms with E-state index >= 15 is 0 Å². The zero-order valence-corrected chi connectivity index (χ0v) is 19.7. The van der Waals surface area contributed by atoms with Crippen LogP contribution in [0.3, 0.4) is 0 Å². The quantitative estimate of drug-likeness (QED) is 0.306. The molecule has 4 rings (SSSR count). The molecule has 4 aliphatic rings. The molecule has 3 heteroatoms. The Labute approximate surface area is 178 Å². The zero-order chi connectivity index (χ0) is 21.1. The zero-order valence-electron chi connectivity index (χ0n) is 19.7. The minimum Gasteiger partial charge on any atom is -0.317 e. The summed E-state index contributed by atoms with van der Waals surface area (Å²) in [5.41, 5.74) is 1.79. The molecule has 0 saturated heterocycles. The van der Waals surface area contributed by atoms with Gasteiger partial charge in [-0.1, -0.05) is 54.4 Å². The Balaban J connectivity index is 1.68. The van der Waals surface area contributed by atoms with Gasteiger partial charge in [-0.15, -0.1) is 0 Å². The van der Waals surface area contributed by atoms with Crippen LogP contribution in [0, 0.1) is 70.5 Å². The van der Waals surface area contributed by atoms with Crippen LogP contribution in [0.25, 0.3) is 0 Å². The summed E-state index contributed by atoms with van der Waals surface area (Å²) in [6, 6.07) is 0. The van der Waals surface area contributed by atoms with Gasteiger partial charge in [0.25, 0.3) is 0 Å². The summed E-state index contributed by atoms with van der Waals surface area (Å²) in [7, 11) is 0. The maximum atomic E-state index is 8.59. The standard InChI is InChI=1S/C26H44O3/c1-14-8-9-15(2)21-11-22(18(5)17(4)13-28-29-27)24-19(6)25-23(16(3)10-14)12-26(24,25)20(21)7/h13-16,18-25,27H,8-12H2,1-7H3/b17-13+/t14?,15?,16?,18?,19-,20?,21?,22?,23?,24?,25?,26?/m0/s1. The molecule has 0 aromatic carbocycles. The second-order valence-corrected chi connectivity index (χ2v) is 11.9. The van der Waals surface area contributed by atoms with Gasteiger partial charge in [-0.2, -0.15) is 0 Å². The lowest BCUT2D eigenvalue weighted by molar-refractivity contribution is -0.465. The van der Waals surface area contributed by atoms with Crippen molar-refractivity contribution >= 4 is 0 Å². The van der Waals surface area contributed by atoms with Crippen LogP contribution in [0.5, 0.6) is 0 Å². The predicted octanol–water partition coefficient (Wildman–Crippen LogP) is 7.20. The van der Waals surface area contributed by atoms with E-state index in [1.54, 1.807) is 6.26 Å². The van der Waals surface area contributed by atoms with Gasteiger partial charge in [0.2, 0.25) is 0 Å². The Bertz CT molecular complexity index is 629. The summed E-state index contributed by atoms with van der Waals surface area (Å²) in [4.78, 5) is 4.77. The molecule has 4 aliphatic carbocycles. The molecule has 3 nitrogen and oxygen atoms in total. The van der Waals surface area contributed by atoms with Gasteiger partial charge in [0.05, 0.1) is 0 Å². The summed E-state index contributed by atoms with van der Waals surface area (Å²) < 4.78 is 0. The Kier molecular flexibility index (Phi) is 5.88. The third-order valence-corrected chi connectivity index (χ3v) is 10.9. The van der Waals surface area contributed by atoms with Gasteiger partial charge in [-0.05, 0) is 107 Å². The van der Waals surface area contributed by atoms with Crippen LogP contribution in [0.15, 0.2) is 11.8 Å². The smallest absolute Gasteiger partial charge is 0.132 e. The molecule has 1 spiro atoms. The minimum atomic E-state index is 0.471. The number of hydrogen-bond acceptors (Lipinski definition) is 3. The Morgan fingerprint density at radius 1 is 1.00 bits per heavy atom. The van der Waals surface area contributed by atoms with Crippen LogP contribution in [0.4, 0.5) is 0 Å². The molecule has 0 heterocycles. The van der Waals surface area contributed by atoms with E-state index in [1.807, 2.05) is 0 Å². The fraction of sp³-hybridized carbons (Fsp3) is 0.923. The molecule has 0 aliphatic heterocycles. The number of rotatable bonds is 4. The molecule has 4 saturated carbocycles. The molecule has 4 fully saturated rings. The van der Waals surface area contributed by atoms with Gasteiger partial charge in [-0.3, -0.25) is 0 Å². The molecule has 11 unspecified atom stereocenters. The van der Waals surface area contributed by atoms with Crippen molar-refractivity contribution in [3.8, 4) is 0 Å². The molecule has 3 bridgehead atoms. The van der Waals surface area contributed by atoms with E-state index in [-0.39, 0.29) is 0 Å². The molecule has 12 atom stereocenters. The summed E-state index contributed by atoms with van der Waals surface area (Å²) in [5, 5.41) is 12.5. The van der Waals surface area contributed by atoms with Crippen molar-refractivity contribution in [1.29, 1.82) is 0 Å². The van der Waals surface area contributed by atoms with E-state index in [2.05, 4.69) is 53.5 Å². The van der Waals surface area contributed by atoms with Crippen LogP contribution in [0.2, 0.25) is 0 Å². The van der Waals surface area contributed by atoms with Gasteiger partial charge in [0.15, 0.2) is 0 Å². The topological polar surface area (TPSA) is 38.7 Å². The fourth-order valence-corrected chi connectivity index (χ4v) is 9.41. The van der Waals surface area contributed by atoms with Crippen molar-refractivity contribution < 1.29 is 15.2 Å². The molecule has 0 amide bonds. The lowest BCUT2D eigenvalue weighted by Gasteiger charge is -2.80. The van der Waals surface area contributed by atoms with Crippen molar-refractivity contribution in [3.63, 3.8) is 0 Å². The number of hydrogen-bond donors (Lipinski definition) is 1. The fourth-order valence-electron chi connectivity index (χ4n) is 9.41. The molecule has 0 aromatic rings. The summed E-state index contributed by atoms with van der Waals surface area (Å²) >= 11 is 0. The molecule has 166 valence electrons. The monoisotopic (exact) mass is 404 g/mol. The Morgan fingerprint density at radius 3 is 2.41 bits per heavy atom. The van der Waals surface area contributed by atoms with E-state index in [0.29, 0.717) is 11.3 Å². The van der Waals surface area contributed by atoms with Crippen molar-refractivity contribution in [1.82, 2.24) is 0 Å². The lowest BCUT2D eigenvalue weighted by atomic mass is 9.24. The van der Waals surface area contributed by atoms with E-state index in [4.69, 9.17) is 10.1 Å². The number of fused-ring (bicyclic) bond motifs is 3. The SMILES string of the molecule is C/C(=C\OOO)C(C)C1CC2C(C)CCC(C)CC(C)C3CC4(C2C)C3[C@@H](C)C14. The molecule has 29 heavy (non-hydrogen) atoms. The van der Waals surface area contributed by atoms with Crippen molar-refractivity contribution in [2.75, 3.05) is 0 Å². The molecule has 0 radical (unpaired) electrons. The van der Waals surface area contributed by atoms with Crippen molar-refractivity contribution in [2.45, 2.75) is 80.6 Å². The van der Waals surface area contributed by atoms with Crippen LogP contribution < -0.4 is 0 Å². The van der Waals surface area contributed by atoms with E-state index in [9.17, 15) is 0 Å². The van der Waals surface area contributed by atoms with Gasteiger partial charge in [0.1, 0.15) is 6.26 Å². The molecular weight excluding hydrogens is 360 g/mol. The van der Waals surface area contributed by atoms with Crippen LogP contribution in [0.1, 0.15) is 80.6 Å². The van der Waals surface area contributed by atoms with E-state index < -0.39 is 0 Å². The lowest BCUT2D eigenvalue weighted by Crippen LogP contribution is -2.75. The third-order valence-electron chi connectivity index (χ3n) is 10.9. The van der Waals surface area contributed by atoms with E-state index in [1.165, 1.54) is 37.7 Å². The first-order valence-electron chi connectivity index (χ1n) is 12.4. The van der Waals surface area contributed by atoms with Gasteiger partial charge in [0, 0.05) is 0 Å². The third kappa shape index (κ3) is 3.13. The first-order valence-corrected chi connectivity index (χ1v) is 12.4. The normalized spacial score (nSPS) is 53.2. The molecular formula is C26H44O3. The Hall–Kier alpha value is -0.540. The summed E-state index contributed by atoms with van der Waals surface area (Å²) in [6.07, 6.45) is 8.67. The van der Waals surface area contributed by atoms with Crippen molar-refractivity contribution in [3.05, 3.63) is 11.8 Å². The predicted molar refractivity (Wildman–Crippen MR) is 117 cm³/mol. The average molecular weight is 405 g/mol. The largest absolute Gasteiger partial charge is 0.317 e. The van der Waals surface area contributed by atoms with Crippen LogP contribution >= 0.6 is 0 Å². The second-order valence-electron chi connectivity index (χ2n) is 11.9. The summed E-state index contributed by atoms with van der Waals surface area (Å²) in [6.45, 7) is 17.3. The highest BCUT2D eigenvalue weighted by atomic mass is 17.5. The highest BCUT2D eigenvalue weighted by molar-refractivity contribution is 5.24. The highest BCUT2D eigenvalue weighted by Crippen LogP contribution is 2.80. The first kappa shape index (κ1) is 21.7. The number of allylic oxidation sites excluding steroid dienone is 1. The van der Waals surface area contributed by atoms with Gasteiger partial charge < -0.3 is 4.89 Å². The minimum absolute atomic E-state index is 0.471. The molecule has 1 N–H and O–H groups in total. The maximum absolute atomic E-state index is 8.59. The van der Waals surface area contributed by atoms with Crippen LogP contribution in [-0.2, 0) is 9.93 Å². The van der Waals surface area contributed by atoms with Crippen LogP contribution in [-0.4, -0.2) is 5.26 Å². The van der Waals surface area contributed by atoms with Gasteiger partial charge >= 0.3 is 0 Å². The average Bonchev–Trinajstić information content (AvgIpc) is 2.67. The van der Waals surface area contributed by atoms with Crippen molar-refractivity contribution in [2.24, 2.45) is 70.5 Å². The van der Waals surface area contributed by atoms with Gasteiger partial charge in [-0.25, -0.2) is 5.26 Å². The highest BCUT2D eigenvalue weighted by Gasteiger charge is 2.75. The maximum Gasteiger partial charge on any atom is 0.132 e. The molecule has 0 aromatic heterocycles. The first-order chi connectivity index (χ1) is 13.7. The van der Waals surface area contributed by atoms with E-state index in [0.717, 1.165) is 59.2 Å². The second kappa shape index (κ2) is 7.86. The summed E-state index contributed by atoms with van der Waals surface area (Å²) in [5.74, 6) is 9.09. The Morgan fingerprint density at radius 2 is 1.72 bits per heavy atom.